The lowest BCUT2D eigenvalue weighted by molar-refractivity contribution is -0.121. The van der Waals surface area contributed by atoms with E-state index < -0.39 is 5.92 Å². The van der Waals surface area contributed by atoms with E-state index in [2.05, 4.69) is 31.8 Å². The van der Waals surface area contributed by atoms with Gasteiger partial charge in [0.05, 0.1) is 11.8 Å². The molecule has 1 atom stereocenters. The summed E-state index contributed by atoms with van der Waals surface area (Å²) in [6, 6.07) is 19.5. The lowest BCUT2D eigenvalue weighted by Crippen LogP contribution is -2.19. The van der Waals surface area contributed by atoms with Gasteiger partial charge in [-0.25, -0.2) is 4.98 Å². The average Bonchev–Trinajstić information content (AvgIpc) is 3.17. The van der Waals surface area contributed by atoms with Gasteiger partial charge in [0.1, 0.15) is 17.4 Å². The van der Waals surface area contributed by atoms with Crippen LogP contribution in [-0.4, -0.2) is 17.4 Å². The number of ether oxygens (including phenoxy) is 1. The van der Waals surface area contributed by atoms with Crippen LogP contribution in [0.5, 0.6) is 5.75 Å². The summed E-state index contributed by atoms with van der Waals surface area (Å²) in [5.41, 5.74) is 2.98. The molecule has 0 aliphatic rings. The van der Waals surface area contributed by atoms with Crippen molar-refractivity contribution in [1.29, 1.82) is 5.26 Å². The number of benzene rings is 2. The Morgan fingerprint density at radius 2 is 1.82 bits per heavy atom. The number of thiazole rings is 1. The highest BCUT2D eigenvalue weighted by molar-refractivity contribution is 7.10. The van der Waals surface area contributed by atoms with Crippen LogP contribution in [0.15, 0.2) is 60.0 Å². The van der Waals surface area contributed by atoms with Crippen molar-refractivity contribution in [3.05, 3.63) is 70.5 Å². The lowest BCUT2D eigenvalue weighted by Gasteiger charge is -2.19. The zero-order valence-electron chi connectivity index (χ0n) is 16.2. The normalized spacial score (nSPS) is 12.2. The summed E-state index contributed by atoms with van der Waals surface area (Å²) in [4.78, 5) is 17.0. The van der Waals surface area contributed by atoms with Gasteiger partial charge in [-0.2, -0.15) is 5.26 Å². The molecule has 142 valence electrons. The number of hydrogen-bond donors (Lipinski definition) is 0. The van der Waals surface area contributed by atoms with Crippen molar-refractivity contribution >= 4 is 17.1 Å². The van der Waals surface area contributed by atoms with Crippen molar-refractivity contribution in [3.63, 3.8) is 0 Å². The van der Waals surface area contributed by atoms with Gasteiger partial charge in [0.15, 0.2) is 11.7 Å². The quantitative estimate of drug-likeness (QED) is 0.568. The summed E-state index contributed by atoms with van der Waals surface area (Å²) in [5.74, 6) is -0.602. The second kappa shape index (κ2) is 8.37. The van der Waals surface area contributed by atoms with Crippen LogP contribution in [0.4, 0.5) is 0 Å². The number of Topliss-reactive ketones (excluding diaryl/α,β-unsaturated/α-hetero) is 1. The van der Waals surface area contributed by atoms with E-state index >= 15 is 0 Å². The summed E-state index contributed by atoms with van der Waals surface area (Å²) in [6.07, 6.45) is 0. The molecule has 0 amide bonds. The third kappa shape index (κ3) is 4.65. The smallest absolute Gasteiger partial charge is 0.194 e. The average molecular weight is 391 g/mol. The number of carbonyl (C=O) groups excluding carboxylic acids is 1. The summed E-state index contributed by atoms with van der Waals surface area (Å²) < 4.78 is 5.61. The molecule has 0 bridgehead atoms. The van der Waals surface area contributed by atoms with Crippen LogP contribution in [0, 0.1) is 11.3 Å². The highest BCUT2D eigenvalue weighted by Gasteiger charge is 2.24. The second-order valence-corrected chi connectivity index (χ2v) is 8.42. The second-order valence-electron chi connectivity index (χ2n) is 7.53. The minimum absolute atomic E-state index is 0.0571. The van der Waals surface area contributed by atoms with E-state index in [4.69, 9.17) is 4.74 Å². The van der Waals surface area contributed by atoms with Crippen molar-refractivity contribution in [2.75, 3.05) is 6.61 Å². The summed E-state index contributed by atoms with van der Waals surface area (Å²) >= 11 is 1.32. The highest BCUT2D eigenvalue weighted by atomic mass is 32.1. The molecule has 4 nitrogen and oxygen atoms in total. The Balaban J connectivity index is 1.66. The predicted molar refractivity (Wildman–Crippen MR) is 112 cm³/mol. The molecular weight excluding hydrogens is 368 g/mol. The number of carbonyl (C=O) groups is 1. The Hall–Kier alpha value is -2.97. The topological polar surface area (TPSA) is 63.0 Å². The van der Waals surface area contributed by atoms with Crippen molar-refractivity contribution in [1.82, 2.24) is 4.98 Å². The first-order valence-corrected chi connectivity index (χ1v) is 9.93. The third-order valence-electron chi connectivity index (χ3n) is 4.39. The molecule has 1 unspecified atom stereocenters. The Morgan fingerprint density at radius 1 is 1.14 bits per heavy atom. The van der Waals surface area contributed by atoms with Gasteiger partial charge < -0.3 is 4.74 Å². The third-order valence-corrected chi connectivity index (χ3v) is 5.30. The maximum Gasteiger partial charge on any atom is 0.194 e. The minimum Gasteiger partial charge on any atom is -0.486 e. The number of ketones is 1. The molecule has 28 heavy (non-hydrogen) atoms. The van der Waals surface area contributed by atoms with E-state index in [1.165, 1.54) is 16.9 Å². The first-order valence-electron chi connectivity index (χ1n) is 9.05. The molecule has 5 heteroatoms. The molecule has 0 saturated carbocycles. The van der Waals surface area contributed by atoms with Gasteiger partial charge in [0.25, 0.3) is 0 Å². The zero-order valence-corrected chi connectivity index (χ0v) is 17.0. The van der Waals surface area contributed by atoms with Crippen molar-refractivity contribution < 1.29 is 9.53 Å². The molecule has 0 spiro atoms. The van der Waals surface area contributed by atoms with Gasteiger partial charge >= 0.3 is 0 Å². The number of aromatic nitrogens is 1. The van der Waals surface area contributed by atoms with E-state index in [-0.39, 0.29) is 17.8 Å². The van der Waals surface area contributed by atoms with Gasteiger partial charge in [-0.1, -0.05) is 63.2 Å². The summed E-state index contributed by atoms with van der Waals surface area (Å²) in [6.45, 7) is 6.26. The van der Waals surface area contributed by atoms with Crippen LogP contribution < -0.4 is 4.74 Å². The highest BCUT2D eigenvalue weighted by Crippen LogP contribution is 2.28. The van der Waals surface area contributed by atoms with Crippen LogP contribution >= 0.6 is 11.3 Å². The Morgan fingerprint density at radius 3 is 2.43 bits per heavy atom. The lowest BCUT2D eigenvalue weighted by atomic mass is 9.87. The maximum atomic E-state index is 12.5. The molecule has 1 heterocycles. The molecule has 0 saturated heterocycles. The Kier molecular flexibility index (Phi) is 5.91. The fraction of sp³-hybridized carbons (Fsp3) is 0.261. The Labute approximate surface area is 169 Å². The van der Waals surface area contributed by atoms with E-state index in [0.717, 1.165) is 11.3 Å². The number of nitriles is 1. The van der Waals surface area contributed by atoms with Crippen LogP contribution in [0.3, 0.4) is 0 Å². The molecule has 3 aromatic rings. The first-order chi connectivity index (χ1) is 13.4. The monoisotopic (exact) mass is 390 g/mol. The summed E-state index contributed by atoms with van der Waals surface area (Å²) in [7, 11) is 0. The molecule has 0 aliphatic heterocycles. The maximum absolute atomic E-state index is 12.5. The SMILES string of the molecule is CC(C)(C)c1ccc(OCC(=O)C(C#N)c2nc(-c3ccccc3)cs2)cc1. The molecule has 3 rings (SSSR count). The van der Waals surface area contributed by atoms with Gasteiger partial charge in [-0.3, -0.25) is 4.79 Å². The standard InChI is InChI=1S/C23H22N2O2S/c1-23(2,3)17-9-11-18(12-10-17)27-14-21(26)19(13-24)22-25-20(15-28-22)16-7-5-4-6-8-16/h4-12,15,19H,14H2,1-3H3. The first kappa shape index (κ1) is 19.8. The van der Waals surface area contributed by atoms with E-state index in [9.17, 15) is 10.1 Å². The molecule has 1 aromatic heterocycles. The Bertz CT molecular complexity index is 980. The van der Waals surface area contributed by atoms with Gasteiger partial charge in [0, 0.05) is 10.9 Å². The molecule has 0 aliphatic carbocycles. The fourth-order valence-electron chi connectivity index (χ4n) is 2.72. The van der Waals surface area contributed by atoms with Crippen molar-refractivity contribution in [2.24, 2.45) is 0 Å². The van der Waals surface area contributed by atoms with E-state index in [1.54, 1.807) is 0 Å². The van der Waals surface area contributed by atoms with Crippen LogP contribution in [-0.2, 0) is 10.2 Å². The van der Waals surface area contributed by atoms with Gasteiger partial charge in [-0.05, 0) is 23.1 Å². The number of hydrogen-bond acceptors (Lipinski definition) is 5. The molecule has 2 aromatic carbocycles. The van der Waals surface area contributed by atoms with Crippen molar-refractivity contribution in [3.8, 4) is 23.1 Å². The number of nitrogens with zero attached hydrogens (tertiary/aromatic N) is 2. The van der Waals surface area contributed by atoms with E-state index in [0.29, 0.717) is 10.8 Å². The number of rotatable bonds is 6. The van der Waals surface area contributed by atoms with Crippen molar-refractivity contribution in [2.45, 2.75) is 32.1 Å². The van der Waals surface area contributed by atoms with E-state index in [1.807, 2.05) is 60.0 Å². The predicted octanol–water partition coefficient (Wildman–Crippen LogP) is 5.36. The zero-order chi connectivity index (χ0) is 20.1. The van der Waals surface area contributed by atoms with Crippen LogP contribution in [0.1, 0.15) is 37.3 Å². The molecular formula is C23H22N2O2S. The van der Waals surface area contributed by atoms with Gasteiger partial charge in [0.2, 0.25) is 0 Å². The van der Waals surface area contributed by atoms with Gasteiger partial charge in [-0.15, -0.1) is 11.3 Å². The minimum atomic E-state index is -0.920. The molecule has 0 fully saturated rings. The molecule has 0 radical (unpaired) electrons. The van der Waals surface area contributed by atoms with Crippen LogP contribution in [0.2, 0.25) is 0 Å². The molecule has 0 N–H and O–H groups in total. The largest absolute Gasteiger partial charge is 0.486 e. The summed E-state index contributed by atoms with van der Waals surface area (Å²) in [5, 5.41) is 11.9. The van der Waals surface area contributed by atoms with Crippen LogP contribution in [0.25, 0.3) is 11.3 Å². The fourth-order valence-corrected chi connectivity index (χ4v) is 3.61.